The van der Waals surface area contributed by atoms with Crippen molar-refractivity contribution in [3.63, 3.8) is 0 Å². The Labute approximate surface area is 330 Å². The van der Waals surface area contributed by atoms with E-state index in [0.717, 1.165) is 27.6 Å². The number of fused-ring (bicyclic) bond motifs is 10. The van der Waals surface area contributed by atoms with Gasteiger partial charge in [0.15, 0.2) is 0 Å². The third-order valence-electron chi connectivity index (χ3n) is 12.1. The highest BCUT2D eigenvalue weighted by Gasteiger charge is 2.30. The number of furan rings is 1. The lowest BCUT2D eigenvalue weighted by Crippen LogP contribution is -1.99. The van der Waals surface area contributed by atoms with Gasteiger partial charge in [0.25, 0.3) is 0 Å². The Kier molecular flexibility index (Phi) is 7.02. The van der Waals surface area contributed by atoms with Crippen molar-refractivity contribution in [2.45, 2.75) is 5.92 Å². The minimum atomic E-state index is 0.191. The number of para-hydroxylation sites is 1. The molecule has 2 nitrogen and oxygen atoms in total. The van der Waals surface area contributed by atoms with Crippen molar-refractivity contribution in [3.8, 4) is 50.2 Å². The Hall–Kier alpha value is -7.42. The first-order valence-electron chi connectivity index (χ1n) is 19.7. The maximum absolute atomic E-state index is 6.44. The largest absolute Gasteiger partial charge is 0.456 e. The molecular weight excluding hydrogens is 691 g/mol. The minimum Gasteiger partial charge on any atom is -0.456 e. The highest BCUT2D eigenvalue weighted by atomic mass is 16.3. The molecule has 0 amide bonds. The average molecular weight is 726 g/mol. The zero-order chi connectivity index (χ0) is 37.5. The second-order valence-electron chi connectivity index (χ2n) is 15.2. The van der Waals surface area contributed by atoms with Crippen LogP contribution in [0.2, 0.25) is 0 Å². The summed E-state index contributed by atoms with van der Waals surface area (Å²) in [6.45, 7) is 0. The Balaban J connectivity index is 1.01. The van der Waals surface area contributed by atoms with Gasteiger partial charge < -0.3 is 8.98 Å². The fraction of sp³-hybridized carbons (Fsp3) is 0.0182. The van der Waals surface area contributed by atoms with E-state index in [1.54, 1.807) is 0 Å². The lowest BCUT2D eigenvalue weighted by molar-refractivity contribution is 0.669. The van der Waals surface area contributed by atoms with E-state index in [1.807, 2.05) is 6.07 Å². The van der Waals surface area contributed by atoms with Gasteiger partial charge in [0, 0.05) is 27.8 Å². The first-order chi connectivity index (χ1) is 28.3. The third kappa shape index (κ3) is 4.97. The summed E-state index contributed by atoms with van der Waals surface area (Å²) >= 11 is 0. The molecule has 9 aromatic carbocycles. The lowest BCUT2D eigenvalue weighted by Gasteiger charge is -2.15. The highest BCUT2D eigenvalue weighted by molar-refractivity contribution is 6.24. The first kappa shape index (κ1) is 31.9. The first-order valence-corrected chi connectivity index (χ1v) is 19.7. The second-order valence-corrected chi connectivity index (χ2v) is 15.2. The van der Waals surface area contributed by atoms with E-state index in [-0.39, 0.29) is 5.92 Å². The van der Waals surface area contributed by atoms with Crippen LogP contribution in [0.3, 0.4) is 0 Å². The van der Waals surface area contributed by atoms with Crippen LogP contribution in [0.15, 0.2) is 211 Å². The molecular formula is C55H35NO. The predicted octanol–water partition coefficient (Wildman–Crippen LogP) is 14.8. The quantitative estimate of drug-likeness (QED) is 0.173. The molecule has 0 aliphatic heterocycles. The molecule has 0 radical (unpaired) electrons. The Bertz CT molecular complexity index is 3310. The fourth-order valence-corrected chi connectivity index (χ4v) is 9.44. The zero-order valence-electron chi connectivity index (χ0n) is 31.1. The molecule has 0 unspecified atom stereocenters. The van der Waals surface area contributed by atoms with Crippen LogP contribution in [0.25, 0.3) is 93.9 Å². The van der Waals surface area contributed by atoms with Gasteiger partial charge in [0.1, 0.15) is 11.2 Å². The summed E-state index contributed by atoms with van der Waals surface area (Å²) in [6.07, 6.45) is 0. The SMILES string of the molecule is c1ccc(-c2ccc([C@@H]3c4ccccc4-c4cc(-c5ccc6c(c5)c5ccc7oc8ccccc8c7c5n6-c5ccc(-c6ccccc6)cc5)ccc43)cc2)cc1. The van der Waals surface area contributed by atoms with Gasteiger partial charge in [-0.25, -0.2) is 0 Å². The van der Waals surface area contributed by atoms with Gasteiger partial charge in [0.2, 0.25) is 0 Å². The van der Waals surface area contributed by atoms with Gasteiger partial charge >= 0.3 is 0 Å². The molecule has 0 saturated carbocycles. The maximum Gasteiger partial charge on any atom is 0.137 e. The van der Waals surface area contributed by atoms with Crippen molar-refractivity contribution >= 4 is 43.7 Å². The van der Waals surface area contributed by atoms with Gasteiger partial charge in [-0.3, -0.25) is 0 Å². The average Bonchev–Trinajstić information content (AvgIpc) is 3.94. The molecule has 11 aromatic rings. The van der Waals surface area contributed by atoms with Crippen LogP contribution in [0.4, 0.5) is 0 Å². The normalized spacial score (nSPS) is 13.4. The molecule has 0 bridgehead atoms. The monoisotopic (exact) mass is 725 g/mol. The molecule has 266 valence electrons. The number of rotatable bonds is 5. The maximum atomic E-state index is 6.44. The van der Waals surface area contributed by atoms with Gasteiger partial charge in [-0.05, 0) is 110 Å². The molecule has 2 heteroatoms. The predicted molar refractivity (Wildman–Crippen MR) is 237 cm³/mol. The highest BCUT2D eigenvalue weighted by Crippen LogP contribution is 2.50. The third-order valence-corrected chi connectivity index (χ3v) is 12.1. The van der Waals surface area contributed by atoms with Crippen LogP contribution in [0, 0.1) is 0 Å². The minimum absolute atomic E-state index is 0.191. The Morgan fingerprint density at radius 2 is 0.965 bits per heavy atom. The van der Waals surface area contributed by atoms with Crippen LogP contribution in [0.5, 0.6) is 0 Å². The summed E-state index contributed by atoms with van der Waals surface area (Å²) in [6, 6.07) is 75.2. The van der Waals surface area contributed by atoms with Crippen LogP contribution < -0.4 is 0 Å². The number of nitrogens with zero attached hydrogens (tertiary/aromatic N) is 1. The standard InChI is InChI=1S/C55H35NO/c1-3-11-35(12-4-1)37-19-21-39(22-20-37)53-44-16-8-7-15-43(44)48-33-40(25-29-45(48)53)41-26-31-50-49(34-41)46-30-32-52-54(47-17-9-10-18-51(47)57-52)55(46)56(50)42-27-23-38(24-28-42)36-13-5-2-6-14-36/h1-34,53H/t53-/m1/s1. The van der Waals surface area contributed by atoms with Crippen molar-refractivity contribution < 1.29 is 4.42 Å². The molecule has 12 rings (SSSR count). The molecule has 1 aliphatic rings. The van der Waals surface area contributed by atoms with E-state index < -0.39 is 0 Å². The molecule has 2 aromatic heterocycles. The van der Waals surface area contributed by atoms with Crippen molar-refractivity contribution in [2.24, 2.45) is 0 Å². The molecule has 2 heterocycles. The Morgan fingerprint density at radius 1 is 0.368 bits per heavy atom. The topological polar surface area (TPSA) is 18.1 Å². The van der Waals surface area contributed by atoms with Crippen molar-refractivity contribution in [1.82, 2.24) is 4.57 Å². The summed E-state index contributed by atoms with van der Waals surface area (Å²) in [5.74, 6) is 0.191. The van der Waals surface area contributed by atoms with Gasteiger partial charge in [0.05, 0.1) is 16.4 Å². The van der Waals surface area contributed by atoms with Gasteiger partial charge in [-0.2, -0.15) is 0 Å². The smallest absolute Gasteiger partial charge is 0.137 e. The van der Waals surface area contributed by atoms with E-state index in [9.17, 15) is 0 Å². The van der Waals surface area contributed by atoms with E-state index in [1.165, 1.54) is 83.0 Å². The molecule has 1 aliphatic carbocycles. The summed E-state index contributed by atoms with van der Waals surface area (Å²) in [7, 11) is 0. The zero-order valence-corrected chi connectivity index (χ0v) is 31.1. The van der Waals surface area contributed by atoms with Gasteiger partial charge in [-0.1, -0.05) is 158 Å². The van der Waals surface area contributed by atoms with Crippen molar-refractivity contribution in [1.29, 1.82) is 0 Å². The van der Waals surface area contributed by atoms with E-state index in [0.29, 0.717) is 0 Å². The van der Waals surface area contributed by atoms with Gasteiger partial charge in [-0.15, -0.1) is 0 Å². The van der Waals surface area contributed by atoms with E-state index in [2.05, 4.69) is 205 Å². The number of hydrogen-bond acceptors (Lipinski definition) is 1. The summed E-state index contributed by atoms with van der Waals surface area (Å²) in [4.78, 5) is 0. The molecule has 0 fully saturated rings. The van der Waals surface area contributed by atoms with Crippen molar-refractivity contribution in [2.75, 3.05) is 0 Å². The fourth-order valence-electron chi connectivity index (χ4n) is 9.44. The number of aromatic nitrogens is 1. The molecule has 1 atom stereocenters. The summed E-state index contributed by atoms with van der Waals surface area (Å²) in [5, 5.41) is 4.71. The van der Waals surface area contributed by atoms with Crippen LogP contribution in [0.1, 0.15) is 22.6 Å². The van der Waals surface area contributed by atoms with Crippen LogP contribution in [-0.2, 0) is 0 Å². The Morgan fingerprint density at radius 3 is 1.74 bits per heavy atom. The second kappa shape index (κ2) is 12.6. The van der Waals surface area contributed by atoms with E-state index >= 15 is 0 Å². The van der Waals surface area contributed by atoms with Crippen LogP contribution in [-0.4, -0.2) is 4.57 Å². The molecule has 0 N–H and O–H groups in total. The van der Waals surface area contributed by atoms with E-state index in [4.69, 9.17) is 4.42 Å². The van der Waals surface area contributed by atoms with Crippen LogP contribution >= 0.6 is 0 Å². The van der Waals surface area contributed by atoms with Crippen molar-refractivity contribution in [3.05, 3.63) is 223 Å². The summed E-state index contributed by atoms with van der Waals surface area (Å²) in [5.41, 5.74) is 19.2. The lowest BCUT2D eigenvalue weighted by atomic mass is 9.88. The number of benzene rings is 9. The molecule has 0 spiro atoms. The number of hydrogen-bond donors (Lipinski definition) is 0. The summed E-state index contributed by atoms with van der Waals surface area (Å²) < 4.78 is 8.87. The molecule has 57 heavy (non-hydrogen) atoms. The molecule has 0 saturated heterocycles.